The van der Waals surface area contributed by atoms with Gasteiger partial charge in [-0.3, -0.25) is 0 Å². The van der Waals surface area contributed by atoms with E-state index in [1.807, 2.05) is 32.0 Å². The first-order valence-corrected chi connectivity index (χ1v) is 7.01. The highest BCUT2D eigenvalue weighted by atomic mass is 19.1. The van der Waals surface area contributed by atoms with E-state index >= 15 is 0 Å². The number of nitrogens with one attached hydrogen (secondary N) is 2. The first-order chi connectivity index (χ1) is 10.6. The smallest absolute Gasteiger partial charge is 0.317 e. The fraction of sp³-hybridized carbons (Fsp3) is 0.235. The minimum atomic E-state index is -0.338. The zero-order valence-electron chi connectivity index (χ0n) is 12.7. The minimum Gasteiger partial charge on any atom is -0.473 e. The van der Waals surface area contributed by atoms with Crippen molar-refractivity contribution >= 4 is 6.03 Å². The average molecular weight is 302 g/mol. The number of ether oxygens (including phenoxy) is 1. The van der Waals surface area contributed by atoms with Gasteiger partial charge >= 0.3 is 6.03 Å². The Bertz CT molecular complexity index is 642. The zero-order valence-corrected chi connectivity index (χ0v) is 12.7. The molecule has 0 spiro atoms. The van der Waals surface area contributed by atoms with Crippen LogP contribution in [0.3, 0.4) is 0 Å². The number of rotatable bonds is 5. The van der Waals surface area contributed by atoms with Crippen LogP contribution < -0.4 is 15.4 Å². The summed E-state index contributed by atoms with van der Waals surface area (Å²) in [5, 5.41) is 5.29. The number of urea groups is 1. The zero-order chi connectivity index (χ0) is 15.9. The molecule has 0 aliphatic rings. The van der Waals surface area contributed by atoms with E-state index in [1.165, 1.54) is 12.1 Å². The Morgan fingerprint density at radius 2 is 1.82 bits per heavy atom. The van der Waals surface area contributed by atoms with Crippen molar-refractivity contribution in [3.05, 3.63) is 65.0 Å². The molecule has 2 N–H and O–H groups in total. The van der Waals surface area contributed by atoms with E-state index in [2.05, 4.69) is 10.6 Å². The van der Waals surface area contributed by atoms with E-state index in [4.69, 9.17) is 4.74 Å². The first-order valence-electron chi connectivity index (χ1n) is 7.01. The lowest BCUT2D eigenvalue weighted by Gasteiger charge is -2.12. The van der Waals surface area contributed by atoms with Gasteiger partial charge < -0.3 is 15.4 Å². The van der Waals surface area contributed by atoms with E-state index in [9.17, 15) is 9.18 Å². The van der Waals surface area contributed by atoms with Crippen LogP contribution in [0.4, 0.5) is 9.18 Å². The highest BCUT2D eigenvalue weighted by Gasteiger charge is 2.03. The maximum absolute atomic E-state index is 12.8. The summed E-state index contributed by atoms with van der Waals surface area (Å²) < 4.78 is 18.3. The molecule has 4 nitrogen and oxygen atoms in total. The molecule has 2 aromatic rings. The summed E-state index contributed by atoms with van der Waals surface area (Å²) in [7, 11) is 0. The number of carbonyl (C=O) groups is 1. The lowest BCUT2D eigenvalue weighted by Crippen LogP contribution is -2.37. The average Bonchev–Trinajstić information content (AvgIpc) is 2.51. The molecule has 116 valence electrons. The Morgan fingerprint density at radius 1 is 1.09 bits per heavy atom. The Kier molecular flexibility index (Phi) is 5.36. The summed E-state index contributed by atoms with van der Waals surface area (Å²) >= 11 is 0. The van der Waals surface area contributed by atoms with Crippen molar-refractivity contribution in [3.8, 4) is 5.75 Å². The molecule has 0 saturated carbocycles. The van der Waals surface area contributed by atoms with Crippen molar-refractivity contribution in [3.63, 3.8) is 0 Å². The highest BCUT2D eigenvalue weighted by Crippen LogP contribution is 2.19. The van der Waals surface area contributed by atoms with Crippen LogP contribution in [-0.2, 0) is 6.54 Å². The molecule has 0 radical (unpaired) electrons. The number of hydrogen-bond donors (Lipinski definition) is 2. The van der Waals surface area contributed by atoms with E-state index in [-0.39, 0.29) is 18.6 Å². The number of benzene rings is 2. The molecule has 0 unspecified atom stereocenters. The van der Waals surface area contributed by atoms with Gasteiger partial charge in [-0.2, -0.15) is 0 Å². The Balaban J connectivity index is 1.74. The van der Waals surface area contributed by atoms with Crippen LogP contribution in [0.5, 0.6) is 5.75 Å². The summed E-state index contributed by atoms with van der Waals surface area (Å²) in [4.78, 5) is 11.6. The summed E-state index contributed by atoms with van der Waals surface area (Å²) in [5.41, 5.74) is 3.02. The Labute approximate surface area is 129 Å². The van der Waals surface area contributed by atoms with Gasteiger partial charge in [-0.05, 0) is 48.7 Å². The van der Waals surface area contributed by atoms with Crippen molar-refractivity contribution in [2.75, 3.05) is 6.73 Å². The van der Waals surface area contributed by atoms with Gasteiger partial charge in [0.25, 0.3) is 0 Å². The topological polar surface area (TPSA) is 50.4 Å². The quantitative estimate of drug-likeness (QED) is 0.833. The molecule has 0 fully saturated rings. The molecule has 0 bridgehead atoms. The Hall–Kier alpha value is -2.56. The number of carbonyl (C=O) groups excluding carboxylic acids is 1. The van der Waals surface area contributed by atoms with Gasteiger partial charge in [0.15, 0.2) is 6.73 Å². The second-order valence-electron chi connectivity index (χ2n) is 4.97. The monoisotopic (exact) mass is 302 g/mol. The number of halogens is 1. The van der Waals surface area contributed by atoms with Gasteiger partial charge in [0, 0.05) is 6.54 Å². The lowest BCUT2D eigenvalue weighted by atomic mass is 10.1. The molecule has 2 amide bonds. The van der Waals surface area contributed by atoms with Gasteiger partial charge in [-0.25, -0.2) is 9.18 Å². The van der Waals surface area contributed by atoms with Gasteiger partial charge in [0.05, 0.1) is 0 Å². The minimum absolute atomic E-state index is 0.0829. The van der Waals surface area contributed by atoms with Crippen LogP contribution >= 0.6 is 0 Å². The van der Waals surface area contributed by atoms with Crippen LogP contribution in [0.2, 0.25) is 0 Å². The van der Waals surface area contributed by atoms with Crippen molar-refractivity contribution < 1.29 is 13.9 Å². The summed E-state index contributed by atoms with van der Waals surface area (Å²) in [6.07, 6.45) is 0. The molecule has 5 heteroatoms. The number of hydrogen-bond acceptors (Lipinski definition) is 2. The van der Waals surface area contributed by atoms with Crippen molar-refractivity contribution in [2.45, 2.75) is 20.4 Å². The number of amides is 2. The maximum Gasteiger partial charge on any atom is 0.317 e. The highest BCUT2D eigenvalue weighted by molar-refractivity contribution is 5.73. The molecular formula is C17H19FN2O2. The molecule has 0 aromatic heterocycles. The molecule has 22 heavy (non-hydrogen) atoms. The molecule has 0 atom stereocenters. The largest absolute Gasteiger partial charge is 0.473 e. The van der Waals surface area contributed by atoms with Crippen LogP contribution in [0, 0.1) is 19.7 Å². The second-order valence-corrected chi connectivity index (χ2v) is 4.97. The van der Waals surface area contributed by atoms with Crippen molar-refractivity contribution in [1.82, 2.24) is 10.6 Å². The molecule has 0 saturated heterocycles. The molecule has 0 aliphatic heterocycles. The molecule has 0 aliphatic carbocycles. The van der Waals surface area contributed by atoms with E-state index in [0.29, 0.717) is 6.54 Å². The third kappa shape index (κ3) is 4.48. The van der Waals surface area contributed by atoms with Gasteiger partial charge in [-0.15, -0.1) is 0 Å². The first kappa shape index (κ1) is 15.8. The van der Waals surface area contributed by atoms with E-state index in [0.717, 1.165) is 22.4 Å². The fourth-order valence-electron chi connectivity index (χ4n) is 1.91. The molecule has 2 rings (SSSR count). The normalized spacial score (nSPS) is 10.1. The summed E-state index contributed by atoms with van der Waals surface area (Å²) in [5.74, 6) is 0.453. The van der Waals surface area contributed by atoms with Crippen LogP contribution in [-0.4, -0.2) is 12.8 Å². The predicted molar refractivity (Wildman–Crippen MR) is 83.2 cm³/mol. The van der Waals surface area contributed by atoms with E-state index in [1.54, 1.807) is 12.1 Å². The standard InChI is InChI=1S/C17H19FN2O2/c1-12-4-3-5-16(13(12)2)22-11-20-17(21)19-10-14-6-8-15(18)9-7-14/h3-9H,10-11H2,1-2H3,(H2,19,20,21). The van der Waals surface area contributed by atoms with Crippen LogP contribution in [0.15, 0.2) is 42.5 Å². The van der Waals surface area contributed by atoms with E-state index < -0.39 is 0 Å². The third-order valence-electron chi connectivity index (χ3n) is 3.38. The number of aryl methyl sites for hydroxylation is 1. The van der Waals surface area contributed by atoms with Crippen LogP contribution in [0.25, 0.3) is 0 Å². The second kappa shape index (κ2) is 7.45. The summed E-state index contributed by atoms with van der Waals surface area (Å²) in [6.45, 7) is 4.39. The Morgan fingerprint density at radius 3 is 2.55 bits per heavy atom. The third-order valence-corrected chi connectivity index (χ3v) is 3.38. The van der Waals surface area contributed by atoms with Crippen molar-refractivity contribution in [2.24, 2.45) is 0 Å². The van der Waals surface area contributed by atoms with Gasteiger partial charge in [0.1, 0.15) is 11.6 Å². The van der Waals surface area contributed by atoms with Gasteiger partial charge in [-0.1, -0.05) is 24.3 Å². The molecule has 0 heterocycles. The molecule has 2 aromatic carbocycles. The molecular weight excluding hydrogens is 283 g/mol. The maximum atomic E-state index is 12.8. The predicted octanol–water partition coefficient (Wildman–Crippen LogP) is 3.28. The summed E-state index contributed by atoms with van der Waals surface area (Å²) in [6, 6.07) is 11.4. The van der Waals surface area contributed by atoms with Crippen LogP contribution in [0.1, 0.15) is 16.7 Å². The fourth-order valence-corrected chi connectivity index (χ4v) is 1.91. The van der Waals surface area contributed by atoms with Gasteiger partial charge in [0.2, 0.25) is 0 Å². The van der Waals surface area contributed by atoms with Crippen molar-refractivity contribution in [1.29, 1.82) is 0 Å². The lowest BCUT2D eigenvalue weighted by molar-refractivity contribution is 0.223. The SMILES string of the molecule is Cc1cccc(OCNC(=O)NCc2ccc(F)cc2)c1C.